The van der Waals surface area contributed by atoms with Crippen LogP contribution in [0.4, 0.5) is 0 Å². The molecule has 88 valence electrons. The summed E-state index contributed by atoms with van der Waals surface area (Å²) in [5.41, 5.74) is 3.18. The Bertz CT molecular complexity index is 317. The molecule has 0 heteroatoms. The van der Waals surface area contributed by atoms with Crippen LogP contribution in [0, 0.1) is 11.8 Å². The second-order valence-corrected chi connectivity index (χ2v) is 5.31. The van der Waals surface area contributed by atoms with Gasteiger partial charge in [-0.25, -0.2) is 0 Å². The molecule has 2 unspecified atom stereocenters. The van der Waals surface area contributed by atoms with E-state index in [9.17, 15) is 0 Å². The highest BCUT2D eigenvalue weighted by atomic mass is 14.3. The molecule has 0 bridgehead atoms. The van der Waals surface area contributed by atoms with Crippen LogP contribution in [-0.4, -0.2) is 0 Å². The van der Waals surface area contributed by atoms with Gasteiger partial charge in [-0.3, -0.25) is 0 Å². The highest BCUT2D eigenvalue weighted by molar-refractivity contribution is 5.32. The highest BCUT2D eigenvalue weighted by Gasteiger charge is 2.22. The van der Waals surface area contributed by atoms with Gasteiger partial charge in [0, 0.05) is 0 Å². The zero-order valence-electron chi connectivity index (χ0n) is 10.7. The normalized spacial score (nSPS) is 28.0. The van der Waals surface area contributed by atoms with Gasteiger partial charge in [-0.2, -0.15) is 0 Å². The van der Waals surface area contributed by atoms with E-state index in [-0.39, 0.29) is 0 Å². The first-order chi connectivity index (χ1) is 7.79. The van der Waals surface area contributed by atoms with Gasteiger partial charge in [0.25, 0.3) is 0 Å². The molecule has 0 aromatic rings. The van der Waals surface area contributed by atoms with Gasteiger partial charge in [0.15, 0.2) is 0 Å². The Morgan fingerprint density at radius 1 is 1.12 bits per heavy atom. The fourth-order valence-electron chi connectivity index (χ4n) is 3.04. The van der Waals surface area contributed by atoms with Crippen molar-refractivity contribution >= 4 is 0 Å². The predicted molar refractivity (Wildman–Crippen MR) is 71.3 cm³/mol. The summed E-state index contributed by atoms with van der Waals surface area (Å²) in [6.07, 6.45) is 17.5. The van der Waals surface area contributed by atoms with Crippen molar-refractivity contribution in [1.82, 2.24) is 0 Å². The van der Waals surface area contributed by atoms with E-state index in [2.05, 4.69) is 38.2 Å². The van der Waals surface area contributed by atoms with E-state index in [0.29, 0.717) is 0 Å². The van der Waals surface area contributed by atoms with Crippen LogP contribution < -0.4 is 0 Å². The van der Waals surface area contributed by atoms with E-state index in [1.54, 1.807) is 11.1 Å². The van der Waals surface area contributed by atoms with Gasteiger partial charge >= 0.3 is 0 Å². The third-order valence-corrected chi connectivity index (χ3v) is 4.19. The molecular weight excluding hydrogens is 192 g/mol. The Kier molecular flexibility index (Phi) is 4.04. The second kappa shape index (κ2) is 5.52. The number of hydrogen-bond donors (Lipinski definition) is 0. The van der Waals surface area contributed by atoms with Crippen LogP contribution in [0.1, 0.15) is 52.4 Å². The van der Waals surface area contributed by atoms with Crippen LogP contribution in [0.25, 0.3) is 0 Å². The van der Waals surface area contributed by atoms with Gasteiger partial charge in [0.2, 0.25) is 0 Å². The Hall–Kier alpha value is -0.780. The number of allylic oxidation sites excluding steroid dienone is 6. The summed E-state index contributed by atoms with van der Waals surface area (Å²) < 4.78 is 0. The van der Waals surface area contributed by atoms with Gasteiger partial charge in [-0.15, -0.1) is 0 Å². The van der Waals surface area contributed by atoms with Gasteiger partial charge in [0.1, 0.15) is 0 Å². The minimum atomic E-state index is 0.749. The van der Waals surface area contributed by atoms with Crippen molar-refractivity contribution in [3.05, 3.63) is 35.5 Å². The molecule has 2 aliphatic rings. The van der Waals surface area contributed by atoms with Crippen molar-refractivity contribution in [1.29, 1.82) is 0 Å². The molecule has 0 spiro atoms. The number of hydrogen-bond acceptors (Lipinski definition) is 0. The smallest absolute Gasteiger partial charge is 0.0160 e. The monoisotopic (exact) mass is 216 g/mol. The third kappa shape index (κ3) is 2.66. The van der Waals surface area contributed by atoms with E-state index >= 15 is 0 Å². The van der Waals surface area contributed by atoms with Gasteiger partial charge in [-0.05, 0) is 62.9 Å². The van der Waals surface area contributed by atoms with E-state index < -0.39 is 0 Å². The van der Waals surface area contributed by atoms with E-state index in [0.717, 1.165) is 11.8 Å². The second-order valence-electron chi connectivity index (χ2n) is 5.31. The zero-order valence-corrected chi connectivity index (χ0v) is 10.7. The fraction of sp³-hybridized carbons (Fsp3) is 0.625. The predicted octanol–water partition coefficient (Wildman–Crippen LogP) is 5.04. The van der Waals surface area contributed by atoms with E-state index in [4.69, 9.17) is 0 Å². The molecule has 0 heterocycles. The molecule has 2 rings (SSSR count). The van der Waals surface area contributed by atoms with Gasteiger partial charge in [0.05, 0.1) is 0 Å². The van der Waals surface area contributed by atoms with Crippen LogP contribution in [0.15, 0.2) is 35.5 Å². The summed E-state index contributed by atoms with van der Waals surface area (Å²) in [7, 11) is 0. The summed E-state index contributed by atoms with van der Waals surface area (Å²) in [6.45, 7) is 4.73. The van der Waals surface area contributed by atoms with Crippen LogP contribution in [0.2, 0.25) is 0 Å². The van der Waals surface area contributed by atoms with E-state index in [1.165, 1.54) is 38.5 Å². The van der Waals surface area contributed by atoms with Crippen LogP contribution in [0.5, 0.6) is 0 Å². The summed E-state index contributed by atoms with van der Waals surface area (Å²) in [5, 5.41) is 0. The SMILES string of the molecule is CC1=CCCCC=C1C(C)C1CC=CCC1. The van der Waals surface area contributed by atoms with Gasteiger partial charge < -0.3 is 0 Å². The molecule has 0 aromatic carbocycles. The van der Waals surface area contributed by atoms with Crippen molar-refractivity contribution in [3.63, 3.8) is 0 Å². The summed E-state index contributed by atoms with van der Waals surface area (Å²) in [4.78, 5) is 0. The third-order valence-electron chi connectivity index (χ3n) is 4.19. The van der Waals surface area contributed by atoms with E-state index in [1.807, 2.05) is 0 Å². The minimum absolute atomic E-state index is 0.749. The Balaban J connectivity index is 2.10. The standard InChI is InChI=1S/C16H24/c1-13-9-5-3-8-12-16(13)14(2)15-10-6-4-7-11-15/h4,6,9,12,14-15H,3,5,7-8,10-11H2,1-2H3. The van der Waals surface area contributed by atoms with Crippen LogP contribution >= 0.6 is 0 Å². The molecule has 0 radical (unpaired) electrons. The Labute approximate surface area is 100 Å². The maximum atomic E-state index is 2.50. The van der Waals surface area contributed by atoms with Gasteiger partial charge in [-0.1, -0.05) is 36.8 Å². The maximum Gasteiger partial charge on any atom is -0.0160 e. The molecule has 0 N–H and O–H groups in total. The lowest BCUT2D eigenvalue weighted by Gasteiger charge is -2.27. The average Bonchev–Trinajstić information content (AvgIpc) is 2.54. The molecule has 0 amide bonds. The molecule has 2 atom stereocenters. The first-order valence-electron chi connectivity index (χ1n) is 6.81. The van der Waals surface area contributed by atoms with Crippen molar-refractivity contribution < 1.29 is 0 Å². The summed E-state index contributed by atoms with van der Waals surface area (Å²) >= 11 is 0. The lowest BCUT2D eigenvalue weighted by atomic mass is 9.78. The zero-order chi connectivity index (χ0) is 11.4. The molecule has 2 aliphatic carbocycles. The summed E-state index contributed by atoms with van der Waals surface area (Å²) in [6, 6.07) is 0. The molecule has 0 saturated carbocycles. The maximum absolute atomic E-state index is 2.50. The number of rotatable bonds is 2. The highest BCUT2D eigenvalue weighted by Crippen LogP contribution is 2.35. The van der Waals surface area contributed by atoms with Crippen molar-refractivity contribution in [2.24, 2.45) is 11.8 Å². The molecular formula is C16H24. The van der Waals surface area contributed by atoms with Crippen LogP contribution in [0.3, 0.4) is 0 Å². The van der Waals surface area contributed by atoms with Crippen molar-refractivity contribution in [3.8, 4) is 0 Å². The topological polar surface area (TPSA) is 0 Å². The lowest BCUT2D eigenvalue weighted by molar-refractivity contribution is 0.374. The lowest BCUT2D eigenvalue weighted by Crippen LogP contribution is -2.16. The van der Waals surface area contributed by atoms with Crippen molar-refractivity contribution in [2.75, 3.05) is 0 Å². The molecule has 0 saturated heterocycles. The molecule has 0 fully saturated rings. The Morgan fingerprint density at radius 2 is 1.94 bits per heavy atom. The first-order valence-corrected chi connectivity index (χ1v) is 6.81. The summed E-state index contributed by atoms with van der Waals surface area (Å²) in [5.74, 6) is 1.62. The molecule has 0 aromatic heterocycles. The molecule has 0 nitrogen and oxygen atoms in total. The molecule has 0 aliphatic heterocycles. The largest absolute Gasteiger partial charge is 0.0885 e. The first kappa shape index (κ1) is 11.7. The average molecular weight is 216 g/mol. The minimum Gasteiger partial charge on any atom is -0.0885 e. The van der Waals surface area contributed by atoms with Crippen LogP contribution in [-0.2, 0) is 0 Å². The molecule has 16 heavy (non-hydrogen) atoms. The fourth-order valence-corrected chi connectivity index (χ4v) is 3.04. The van der Waals surface area contributed by atoms with Crippen molar-refractivity contribution in [2.45, 2.75) is 52.4 Å². The quantitative estimate of drug-likeness (QED) is 0.567. The Morgan fingerprint density at radius 3 is 2.69 bits per heavy atom.